The number of aryl methyl sites for hydroxylation is 1. The quantitative estimate of drug-likeness (QED) is 0.776. The molecular weight excluding hydrogens is 240 g/mol. The van der Waals surface area contributed by atoms with E-state index in [2.05, 4.69) is 18.7 Å². The van der Waals surface area contributed by atoms with Crippen LogP contribution in [0.4, 0.5) is 0 Å². The summed E-state index contributed by atoms with van der Waals surface area (Å²) in [6.45, 7) is 0. The molecule has 0 bridgehead atoms. The van der Waals surface area contributed by atoms with Crippen LogP contribution < -0.4 is 0 Å². The Morgan fingerprint density at radius 3 is 2.33 bits per heavy atom. The maximum Gasteiger partial charge on any atom is 0.0790 e. The molecule has 1 unspecified atom stereocenters. The summed E-state index contributed by atoms with van der Waals surface area (Å²) in [5, 5.41) is 10.0. The first-order valence-corrected chi connectivity index (χ1v) is 6.72. The van der Waals surface area contributed by atoms with Crippen molar-refractivity contribution in [2.45, 2.75) is 30.3 Å². The number of hydrogen-bond donors (Lipinski definition) is 2. The zero-order chi connectivity index (χ0) is 12.8. The summed E-state index contributed by atoms with van der Waals surface area (Å²) in [4.78, 5) is 1.03. The summed E-state index contributed by atoms with van der Waals surface area (Å²) in [6, 6.07) is 17.9. The molecule has 0 aliphatic heterocycles. The van der Waals surface area contributed by atoms with E-state index < -0.39 is 0 Å². The maximum absolute atomic E-state index is 10.0. The van der Waals surface area contributed by atoms with Crippen LogP contribution in [0.2, 0.25) is 0 Å². The lowest BCUT2D eigenvalue weighted by atomic mass is 10.0. The summed E-state index contributed by atoms with van der Waals surface area (Å²) < 4.78 is 0. The van der Waals surface area contributed by atoms with Crippen molar-refractivity contribution in [2.24, 2.45) is 0 Å². The highest BCUT2D eigenvalue weighted by Gasteiger charge is 2.06. The standard InChI is InChI=1S/C16H18OS/c17-15(13-7-2-1-3-8-13)11-6-10-14-9-4-5-12-16(14)18/h1-5,7-9,12,15,17-18H,6,10-11H2. The molecule has 1 atom stereocenters. The van der Waals surface area contributed by atoms with Crippen molar-refractivity contribution in [2.75, 3.05) is 0 Å². The van der Waals surface area contributed by atoms with Gasteiger partial charge in [-0.2, -0.15) is 0 Å². The Hall–Kier alpha value is -1.25. The highest BCUT2D eigenvalue weighted by molar-refractivity contribution is 7.80. The van der Waals surface area contributed by atoms with E-state index in [1.807, 2.05) is 48.5 Å². The molecule has 0 saturated heterocycles. The van der Waals surface area contributed by atoms with Crippen LogP contribution in [0.5, 0.6) is 0 Å². The molecule has 0 amide bonds. The molecule has 0 fully saturated rings. The van der Waals surface area contributed by atoms with Gasteiger partial charge in [0.25, 0.3) is 0 Å². The molecule has 0 spiro atoms. The SMILES string of the molecule is OC(CCCc1ccccc1S)c1ccccc1. The molecule has 0 heterocycles. The lowest BCUT2D eigenvalue weighted by molar-refractivity contribution is 0.164. The second kappa shape index (κ2) is 6.62. The highest BCUT2D eigenvalue weighted by atomic mass is 32.1. The summed E-state index contributed by atoms with van der Waals surface area (Å²) in [5.41, 5.74) is 2.25. The van der Waals surface area contributed by atoms with E-state index >= 15 is 0 Å². The van der Waals surface area contributed by atoms with E-state index in [1.165, 1.54) is 5.56 Å². The van der Waals surface area contributed by atoms with E-state index in [0.717, 1.165) is 29.7 Å². The maximum atomic E-state index is 10.0. The number of benzene rings is 2. The molecule has 0 radical (unpaired) electrons. The Labute approximate surface area is 114 Å². The molecule has 2 aromatic carbocycles. The van der Waals surface area contributed by atoms with Crippen LogP contribution in [0, 0.1) is 0 Å². The van der Waals surface area contributed by atoms with Gasteiger partial charge in [-0.1, -0.05) is 48.5 Å². The molecule has 0 aliphatic carbocycles. The first-order chi connectivity index (χ1) is 8.77. The predicted octanol–water partition coefficient (Wildman–Crippen LogP) is 4.03. The normalized spacial score (nSPS) is 12.3. The molecular formula is C16H18OS. The fourth-order valence-corrected chi connectivity index (χ4v) is 2.32. The van der Waals surface area contributed by atoms with Crippen LogP contribution in [0.25, 0.3) is 0 Å². The molecule has 0 aliphatic rings. The van der Waals surface area contributed by atoms with E-state index in [4.69, 9.17) is 0 Å². The van der Waals surface area contributed by atoms with Crippen LogP contribution >= 0.6 is 12.6 Å². The van der Waals surface area contributed by atoms with Gasteiger partial charge in [0, 0.05) is 4.90 Å². The van der Waals surface area contributed by atoms with Crippen LogP contribution in [0.3, 0.4) is 0 Å². The Balaban J connectivity index is 1.84. The summed E-state index contributed by atoms with van der Waals surface area (Å²) in [5.74, 6) is 0. The van der Waals surface area contributed by atoms with Gasteiger partial charge in [-0.3, -0.25) is 0 Å². The van der Waals surface area contributed by atoms with Gasteiger partial charge in [0.15, 0.2) is 0 Å². The van der Waals surface area contributed by atoms with Crippen molar-refractivity contribution in [3.05, 3.63) is 65.7 Å². The Bertz CT molecular complexity index is 481. The van der Waals surface area contributed by atoms with Crippen molar-refractivity contribution < 1.29 is 5.11 Å². The lowest BCUT2D eigenvalue weighted by Crippen LogP contribution is -1.98. The number of aliphatic hydroxyl groups excluding tert-OH is 1. The fraction of sp³-hybridized carbons (Fsp3) is 0.250. The van der Waals surface area contributed by atoms with Gasteiger partial charge in [0.1, 0.15) is 0 Å². The van der Waals surface area contributed by atoms with Crippen molar-refractivity contribution in [3.8, 4) is 0 Å². The molecule has 94 valence electrons. The molecule has 2 rings (SSSR count). The van der Waals surface area contributed by atoms with Crippen LogP contribution in [-0.2, 0) is 6.42 Å². The minimum absolute atomic E-state index is 0.363. The second-order valence-corrected chi connectivity index (χ2v) is 4.93. The average Bonchev–Trinajstić information content (AvgIpc) is 2.42. The number of rotatable bonds is 5. The number of hydrogen-bond acceptors (Lipinski definition) is 2. The topological polar surface area (TPSA) is 20.2 Å². The van der Waals surface area contributed by atoms with E-state index in [0.29, 0.717) is 0 Å². The zero-order valence-corrected chi connectivity index (χ0v) is 11.2. The van der Waals surface area contributed by atoms with Crippen LogP contribution in [0.15, 0.2) is 59.5 Å². The Morgan fingerprint density at radius 1 is 0.944 bits per heavy atom. The van der Waals surface area contributed by atoms with Gasteiger partial charge in [-0.15, -0.1) is 12.6 Å². The van der Waals surface area contributed by atoms with E-state index in [1.54, 1.807) is 0 Å². The van der Waals surface area contributed by atoms with Crippen LogP contribution in [0.1, 0.15) is 30.1 Å². The summed E-state index contributed by atoms with van der Waals surface area (Å²) in [7, 11) is 0. The van der Waals surface area contributed by atoms with Gasteiger partial charge >= 0.3 is 0 Å². The van der Waals surface area contributed by atoms with Gasteiger partial charge in [-0.05, 0) is 36.5 Å². The van der Waals surface area contributed by atoms with E-state index in [9.17, 15) is 5.11 Å². The third-order valence-corrected chi connectivity index (χ3v) is 3.54. The first-order valence-electron chi connectivity index (χ1n) is 6.27. The average molecular weight is 258 g/mol. The molecule has 0 aromatic heterocycles. The second-order valence-electron chi connectivity index (χ2n) is 4.45. The Morgan fingerprint density at radius 2 is 1.61 bits per heavy atom. The molecule has 2 aromatic rings. The van der Waals surface area contributed by atoms with E-state index in [-0.39, 0.29) is 6.10 Å². The molecule has 1 N–H and O–H groups in total. The highest BCUT2D eigenvalue weighted by Crippen LogP contribution is 2.21. The van der Waals surface area contributed by atoms with Gasteiger partial charge in [-0.25, -0.2) is 0 Å². The van der Waals surface area contributed by atoms with Crippen molar-refractivity contribution >= 4 is 12.6 Å². The Kier molecular flexibility index (Phi) is 4.85. The van der Waals surface area contributed by atoms with Gasteiger partial charge in [0.05, 0.1) is 6.10 Å². The number of thiol groups is 1. The largest absolute Gasteiger partial charge is 0.388 e. The third kappa shape index (κ3) is 3.62. The third-order valence-electron chi connectivity index (χ3n) is 3.10. The summed E-state index contributed by atoms with van der Waals surface area (Å²) in [6.07, 6.45) is 2.35. The molecule has 2 heteroatoms. The van der Waals surface area contributed by atoms with Crippen molar-refractivity contribution in [1.29, 1.82) is 0 Å². The molecule has 0 saturated carbocycles. The lowest BCUT2D eigenvalue weighted by Gasteiger charge is -2.11. The smallest absolute Gasteiger partial charge is 0.0790 e. The monoisotopic (exact) mass is 258 g/mol. The zero-order valence-electron chi connectivity index (χ0n) is 10.3. The first kappa shape index (κ1) is 13.2. The van der Waals surface area contributed by atoms with Crippen molar-refractivity contribution in [1.82, 2.24) is 0 Å². The summed E-state index contributed by atoms with van der Waals surface area (Å²) >= 11 is 4.43. The minimum Gasteiger partial charge on any atom is -0.388 e. The fourth-order valence-electron chi connectivity index (χ4n) is 2.05. The minimum atomic E-state index is -0.363. The number of aliphatic hydroxyl groups is 1. The predicted molar refractivity (Wildman–Crippen MR) is 78.0 cm³/mol. The van der Waals surface area contributed by atoms with Crippen molar-refractivity contribution in [3.63, 3.8) is 0 Å². The molecule has 1 nitrogen and oxygen atoms in total. The van der Waals surface area contributed by atoms with Gasteiger partial charge in [0.2, 0.25) is 0 Å². The van der Waals surface area contributed by atoms with Crippen LogP contribution in [-0.4, -0.2) is 5.11 Å². The molecule has 18 heavy (non-hydrogen) atoms. The van der Waals surface area contributed by atoms with Gasteiger partial charge < -0.3 is 5.11 Å².